The number of ether oxygens (including phenoxy) is 2. The van der Waals surface area contributed by atoms with Crippen LogP contribution < -0.4 is 5.32 Å². The SMILES string of the molecule is C[C@]1(C(=O)O)CCCN1C(=O)CCOCCNC(=O)OCC1c2ccccc2-c2ccccc21. The van der Waals surface area contributed by atoms with E-state index in [0.29, 0.717) is 19.4 Å². The molecule has 2 aromatic carbocycles. The number of hydrogen-bond acceptors (Lipinski definition) is 5. The minimum absolute atomic E-state index is 0.00230. The van der Waals surface area contributed by atoms with E-state index in [1.54, 1.807) is 6.92 Å². The Hall–Kier alpha value is -3.39. The van der Waals surface area contributed by atoms with Crippen molar-refractivity contribution in [3.8, 4) is 11.1 Å². The molecule has 2 N–H and O–H groups in total. The normalized spacial score (nSPS) is 18.9. The topological polar surface area (TPSA) is 105 Å². The van der Waals surface area contributed by atoms with Gasteiger partial charge in [0.05, 0.1) is 19.6 Å². The van der Waals surface area contributed by atoms with Crippen molar-refractivity contribution < 1.29 is 29.0 Å². The van der Waals surface area contributed by atoms with Gasteiger partial charge >= 0.3 is 12.1 Å². The molecule has 1 saturated heterocycles. The van der Waals surface area contributed by atoms with Gasteiger partial charge in [0.15, 0.2) is 0 Å². The second-order valence-electron chi connectivity index (χ2n) is 8.84. The fraction of sp³-hybridized carbons (Fsp3) is 0.423. The van der Waals surface area contributed by atoms with Gasteiger partial charge in [0.1, 0.15) is 12.1 Å². The average Bonchev–Trinajstić information content (AvgIpc) is 3.39. The highest BCUT2D eigenvalue weighted by molar-refractivity contribution is 5.87. The summed E-state index contributed by atoms with van der Waals surface area (Å²) >= 11 is 0. The maximum absolute atomic E-state index is 12.4. The Bertz CT molecular complexity index is 1030. The largest absolute Gasteiger partial charge is 0.480 e. The van der Waals surface area contributed by atoms with E-state index in [0.717, 1.165) is 11.1 Å². The molecule has 1 fully saturated rings. The molecule has 0 unspecified atom stereocenters. The summed E-state index contributed by atoms with van der Waals surface area (Å²) in [5.41, 5.74) is 3.52. The molecular formula is C26H30N2O6. The predicted octanol–water partition coefficient (Wildman–Crippen LogP) is 3.40. The molecule has 0 radical (unpaired) electrons. The molecule has 34 heavy (non-hydrogen) atoms. The molecule has 0 spiro atoms. The summed E-state index contributed by atoms with van der Waals surface area (Å²) in [5.74, 6) is -1.21. The summed E-state index contributed by atoms with van der Waals surface area (Å²) in [6, 6.07) is 16.3. The van der Waals surface area contributed by atoms with Crippen molar-refractivity contribution in [1.29, 1.82) is 0 Å². The highest BCUT2D eigenvalue weighted by Gasteiger charge is 2.45. The van der Waals surface area contributed by atoms with E-state index in [4.69, 9.17) is 9.47 Å². The Morgan fingerprint density at radius 1 is 1.06 bits per heavy atom. The third-order valence-corrected chi connectivity index (χ3v) is 6.72. The zero-order chi connectivity index (χ0) is 24.1. The summed E-state index contributed by atoms with van der Waals surface area (Å²) in [4.78, 5) is 37.5. The van der Waals surface area contributed by atoms with Crippen LogP contribution >= 0.6 is 0 Å². The molecule has 1 aliphatic heterocycles. The Labute approximate surface area is 198 Å². The summed E-state index contributed by atoms with van der Waals surface area (Å²) in [7, 11) is 0. The van der Waals surface area contributed by atoms with Gasteiger partial charge in [0.25, 0.3) is 0 Å². The zero-order valence-corrected chi connectivity index (χ0v) is 19.3. The van der Waals surface area contributed by atoms with E-state index in [1.165, 1.54) is 16.0 Å². The molecule has 2 aromatic rings. The number of carbonyl (C=O) groups excluding carboxylic acids is 2. The van der Waals surface area contributed by atoms with Crippen LogP contribution in [-0.4, -0.2) is 66.4 Å². The van der Waals surface area contributed by atoms with Crippen LogP contribution in [0.5, 0.6) is 0 Å². The summed E-state index contributed by atoms with van der Waals surface area (Å²) < 4.78 is 10.9. The number of carbonyl (C=O) groups is 3. The van der Waals surface area contributed by atoms with Gasteiger partial charge in [0, 0.05) is 19.0 Å². The van der Waals surface area contributed by atoms with Crippen molar-refractivity contribution >= 4 is 18.0 Å². The Kier molecular flexibility index (Phi) is 7.17. The minimum atomic E-state index is -1.14. The van der Waals surface area contributed by atoms with Crippen LogP contribution in [0.15, 0.2) is 48.5 Å². The van der Waals surface area contributed by atoms with Crippen LogP contribution in [0.2, 0.25) is 0 Å². The molecule has 1 aliphatic carbocycles. The van der Waals surface area contributed by atoms with Crippen LogP contribution in [0.4, 0.5) is 4.79 Å². The lowest BCUT2D eigenvalue weighted by molar-refractivity contribution is -0.155. The van der Waals surface area contributed by atoms with Crippen molar-refractivity contribution in [3.05, 3.63) is 59.7 Å². The third kappa shape index (κ3) is 4.77. The van der Waals surface area contributed by atoms with E-state index >= 15 is 0 Å². The lowest BCUT2D eigenvalue weighted by Gasteiger charge is -2.31. The number of aliphatic carboxylic acids is 1. The molecule has 0 saturated carbocycles. The number of benzene rings is 2. The van der Waals surface area contributed by atoms with Gasteiger partial charge in [-0.1, -0.05) is 48.5 Å². The highest BCUT2D eigenvalue weighted by atomic mass is 16.5. The van der Waals surface area contributed by atoms with Crippen LogP contribution in [-0.2, 0) is 19.1 Å². The number of amides is 2. The monoisotopic (exact) mass is 466 g/mol. The molecule has 0 aromatic heterocycles. The second-order valence-corrected chi connectivity index (χ2v) is 8.84. The fourth-order valence-electron chi connectivity index (χ4n) is 4.86. The van der Waals surface area contributed by atoms with Crippen molar-refractivity contribution in [2.75, 3.05) is 32.9 Å². The van der Waals surface area contributed by atoms with E-state index in [9.17, 15) is 19.5 Å². The molecule has 8 heteroatoms. The van der Waals surface area contributed by atoms with E-state index in [-0.39, 0.29) is 44.6 Å². The number of likely N-dealkylation sites (tertiary alicyclic amines) is 1. The smallest absolute Gasteiger partial charge is 0.407 e. The maximum Gasteiger partial charge on any atom is 0.407 e. The van der Waals surface area contributed by atoms with Gasteiger partial charge in [-0.3, -0.25) is 4.79 Å². The maximum atomic E-state index is 12.4. The second kappa shape index (κ2) is 10.3. The summed E-state index contributed by atoms with van der Waals surface area (Å²) in [6.07, 6.45) is 0.725. The molecule has 4 rings (SSSR count). The number of nitrogens with zero attached hydrogens (tertiary/aromatic N) is 1. The molecule has 0 bridgehead atoms. The first kappa shape index (κ1) is 23.8. The Balaban J connectivity index is 1.16. The molecule has 2 aliphatic rings. The van der Waals surface area contributed by atoms with Crippen LogP contribution in [0.3, 0.4) is 0 Å². The van der Waals surface area contributed by atoms with Crippen LogP contribution in [0, 0.1) is 0 Å². The lowest BCUT2D eigenvalue weighted by Crippen LogP contribution is -2.51. The summed E-state index contributed by atoms with van der Waals surface area (Å²) in [6.45, 7) is 2.92. The first-order chi connectivity index (χ1) is 16.4. The van der Waals surface area contributed by atoms with Gasteiger partial charge in [0.2, 0.25) is 5.91 Å². The van der Waals surface area contributed by atoms with Gasteiger partial charge in [-0.2, -0.15) is 0 Å². The van der Waals surface area contributed by atoms with E-state index < -0.39 is 17.6 Å². The Morgan fingerprint density at radius 3 is 2.35 bits per heavy atom. The predicted molar refractivity (Wildman–Crippen MR) is 125 cm³/mol. The number of carboxylic acids is 1. The first-order valence-corrected chi connectivity index (χ1v) is 11.6. The quantitative estimate of drug-likeness (QED) is 0.549. The van der Waals surface area contributed by atoms with Crippen LogP contribution in [0.25, 0.3) is 11.1 Å². The minimum Gasteiger partial charge on any atom is -0.480 e. The number of rotatable bonds is 9. The standard InChI is InChI=1S/C26H30N2O6/c1-26(24(30)31)12-6-14-28(26)23(29)11-15-33-16-13-27-25(32)34-17-22-20-9-4-2-7-18(20)19-8-3-5-10-21(19)22/h2-5,7-10,22H,6,11-17H2,1H3,(H,27,32)(H,30,31)/t26-/m1/s1. The first-order valence-electron chi connectivity index (χ1n) is 11.6. The van der Waals surface area contributed by atoms with Crippen molar-refractivity contribution in [1.82, 2.24) is 10.2 Å². The molecule has 1 atom stereocenters. The van der Waals surface area contributed by atoms with Crippen LogP contribution in [0.1, 0.15) is 43.2 Å². The fourth-order valence-corrected chi connectivity index (χ4v) is 4.86. The number of nitrogens with one attached hydrogen (secondary N) is 1. The Morgan fingerprint density at radius 2 is 1.71 bits per heavy atom. The van der Waals surface area contributed by atoms with E-state index in [2.05, 4.69) is 29.6 Å². The molecular weight excluding hydrogens is 436 g/mol. The van der Waals surface area contributed by atoms with Gasteiger partial charge in [-0.05, 0) is 42.0 Å². The average molecular weight is 467 g/mol. The lowest BCUT2D eigenvalue weighted by atomic mass is 9.98. The molecule has 2 amide bonds. The van der Waals surface area contributed by atoms with Gasteiger partial charge in [-0.25, -0.2) is 9.59 Å². The number of hydrogen-bond donors (Lipinski definition) is 2. The third-order valence-electron chi connectivity index (χ3n) is 6.72. The van der Waals surface area contributed by atoms with Gasteiger partial charge in [-0.15, -0.1) is 0 Å². The summed E-state index contributed by atoms with van der Waals surface area (Å²) in [5, 5.41) is 12.1. The van der Waals surface area contributed by atoms with Crippen molar-refractivity contribution in [2.45, 2.75) is 37.6 Å². The van der Waals surface area contributed by atoms with E-state index in [1.807, 2.05) is 24.3 Å². The van der Waals surface area contributed by atoms with Crippen molar-refractivity contribution in [3.63, 3.8) is 0 Å². The zero-order valence-electron chi connectivity index (χ0n) is 19.3. The number of fused-ring (bicyclic) bond motifs is 3. The van der Waals surface area contributed by atoms with Gasteiger partial charge < -0.3 is 24.8 Å². The molecule has 180 valence electrons. The molecule has 1 heterocycles. The highest BCUT2D eigenvalue weighted by Crippen LogP contribution is 2.44. The number of carboxylic acid groups (broad SMARTS) is 1. The van der Waals surface area contributed by atoms with Crippen molar-refractivity contribution in [2.24, 2.45) is 0 Å². The number of alkyl carbamates (subject to hydrolysis) is 1. The molecule has 8 nitrogen and oxygen atoms in total.